The van der Waals surface area contributed by atoms with Crippen molar-refractivity contribution in [1.29, 1.82) is 0 Å². The Morgan fingerprint density at radius 1 is 0.628 bits per heavy atom. The summed E-state index contributed by atoms with van der Waals surface area (Å²) in [7, 11) is 3.23. The number of nitrogens with zero attached hydrogens (tertiary/aromatic N) is 8. The molecule has 0 aromatic carbocycles. The largest absolute Gasteiger partial charge is 0.342 e. The molecule has 14 heteroatoms. The van der Waals surface area contributed by atoms with Gasteiger partial charge in [0.2, 0.25) is 11.9 Å². The zero-order valence-electron chi connectivity index (χ0n) is 25.9. The Labute approximate surface area is 248 Å². The highest BCUT2D eigenvalue weighted by Gasteiger charge is 2.30. The molecule has 6 heterocycles. The molecule has 2 saturated heterocycles. The highest BCUT2D eigenvalue weighted by molar-refractivity contribution is 5.75. The summed E-state index contributed by atoms with van der Waals surface area (Å²) < 4.78 is 6.60. The summed E-state index contributed by atoms with van der Waals surface area (Å²) in [6, 6.07) is 0. The van der Waals surface area contributed by atoms with Gasteiger partial charge in [-0.2, -0.15) is 9.97 Å². The summed E-state index contributed by atoms with van der Waals surface area (Å²) in [5.74, 6) is 3.21. The third-order valence-corrected chi connectivity index (χ3v) is 9.04. The third kappa shape index (κ3) is 5.10. The van der Waals surface area contributed by atoms with E-state index in [1.54, 1.807) is 14.1 Å². The molecule has 14 nitrogen and oxygen atoms in total. The topological polar surface area (TPSA) is 152 Å². The normalized spacial score (nSPS) is 23.1. The first-order valence-corrected chi connectivity index (χ1v) is 15.3. The van der Waals surface area contributed by atoms with Gasteiger partial charge in [0.25, 0.3) is 11.1 Å². The number of hydrogen-bond acceptors (Lipinski definition) is 8. The van der Waals surface area contributed by atoms with E-state index in [-0.39, 0.29) is 0 Å². The van der Waals surface area contributed by atoms with E-state index in [1.165, 1.54) is 9.13 Å². The molecule has 0 saturated carbocycles. The quantitative estimate of drug-likeness (QED) is 0.338. The first-order chi connectivity index (χ1) is 20.4. The van der Waals surface area contributed by atoms with Crippen LogP contribution in [0.15, 0.2) is 19.2 Å². The van der Waals surface area contributed by atoms with Gasteiger partial charge in [0.15, 0.2) is 22.3 Å². The van der Waals surface area contributed by atoms with Gasteiger partial charge in [-0.05, 0) is 42.9 Å². The fraction of sp³-hybridized carbons (Fsp3) is 0.655. The highest BCUT2D eigenvalue weighted by atomic mass is 16.2. The summed E-state index contributed by atoms with van der Waals surface area (Å²) in [5, 5.41) is 0. The number of aromatic nitrogens is 8. The fourth-order valence-electron chi connectivity index (χ4n) is 7.39. The Balaban J connectivity index is 1.42. The SMILES string of the molecule is C[C@@H]1C[C@@H](C)CN(c2nc3c(c(=O)[nH]c(=O)n3C)n2CCCn2c(N3C[C@H](C)C[C@@H](C)C3)nc3c2c(=O)[nH]c(=O)n3C)C1. The summed E-state index contributed by atoms with van der Waals surface area (Å²) in [6.07, 6.45) is 2.80. The van der Waals surface area contributed by atoms with Gasteiger partial charge in [-0.15, -0.1) is 0 Å². The summed E-state index contributed by atoms with van der Waals surface area (Å²) >= 11 is 0. The van der Waals surface area contributed by atoms with Crippen LogP contribution in [0, 0.1) is 23.7 Å². The smallest absolute Gasteiger partial charge is 0.329 e. The van der Waals surface area contributed by atoms with Crippen molar-refractivity contribution in [2.24, 2.45) is 37.8 Å². The number of fused-ring (bicyclic) bond motifs is 2. The minimum absolute atomic E-state index is 0.353. The molecule has 0 radical (unpaired) electrons. The zero-order chi connectivity index (χ0) is 30.7. The number of piperidine rings is 2. The standard InChI is InChI=1S/C29H42N10O4/c1-16-10-17(2)13-36(12-16)26-30-22-20(24(40)32-28(42)34(22)5)38(26)8-7-9-39-21-23(35(6)29(43)33-25(21)41)31-27(39)37-14-18(3)11-19(4)15-37/h16-19H,7-15H2,1-6H3,(H,32,40,42)(H,33,41,43)/t16-,17-,18-,19-/m1/s1. The second-order valence-electron chi connectivity index (χ2n) is 13.2. The van der Waals surface area contributed by atoms with E-state index in [9.17, 15) is 19.2 Å². The van der Waals surface area contributed by atoms with Crippen molar-refractivity contribution in [3.05, 3.63) is 41.7 Å². The van der Waals surface area contributed by atoms with Crippen LogP contribution in [0.2, 0.25) is 0 Å². The van der Waals surface area contributed by atoms with E-state index in [4.69, 9.17) is 9.97 Å². The maximum atomic E-state index is 13.2. The van der Waals surface area contributed by atoms with Crippen LogP contribution in [0.1, 0.15) is 47.0 Å². The highest BCUT2D eigenvalue weighted by Crippen LogP contribution is 2.30. The Bertz CT molecular complexity index is 1770. The number of aromatic amines is 2. The number of aryl methyl sites for hydroxylation is 4. The maximum absolute atomic E-state index is 13.2. The first kappa shape index (κ1) is 29.0. The Kier molecular flexibility index (Phi) is 7.33. The number of anilines is 2. The lowest BCUT2D eigenvalue weighted by molar-refractivity contribution is 0.349. The number of imidazole rings is 2. The molecule has 2 aliphatic rings. The van der Waals surface area contributed by atoms with Crippen LogP contribution in [0.4, 0.5) is 11.9 Å². The second kappa shape index (κ2) is 10.9. The van der Waals surface area contributed by atoms with Crippen molar-refractivity contribution in [2.45, 2.75) is 60.0 Å². The van der Waals surface area contributed by atoms with Gasteiger partial charge in [-0.25, -0.2) is 9.59 Å². The molecule has 4 atom stereocenters. The number of H-pyrrole nitrogens is 2. The molecule has 43 heavy (non-hydrogen) atoms. The van der Waals surface area contributed by atoms with Crippen molar-refractivity contribution in [3.8, 4) is 0 Å². The molecular weight excluding hydrogens is 552 g/mol. The molecule has 2 N–H and O–H groups in total. The number of rotatable bonds is 6. The molecular formula is C29H42N10O4. The molecule has 232 valence electrons. The van der Waals surface area contributed by atoms with Crippen molar-refractivity contribution in [2.75, 3.05) is 36.0 Å². The predicted octanol–water partition coefficient (Wildman–Crippen LogP) is 1.21. The lowest BCUT2D eigenvalue weighted by atomic mass is 9.92. The molecule has 0 spiro atoms. The maximum Gasteiger partial charge on any atom is 0.329 e. The van der Waals surface area contributed by atoms with Crippen molar-refractivity contribution >= 4 is 34.2 Å². The Morgan fingerprint density at radius 3 is 1.33 bits per heavy atom. The zero-order valence-corrected chi connectivity index (χ0v) is 25.9. The average molecular weight is 595 g/mol. The number of nitrogens with one attached hydrogen (secondary N) is 2. The molecule has 0 amide bonds. The van der Waals surface area contributed by atoms with Gasteiger partial charge >= 0.3 is 11.4 Å². The van der Waals surface area contributed by atoms with E-state index in [0.717, 1.165) is 39.0 Å². The number of hydrogen-bond donors (Lipinski definition) is 2. The lowest BCUT2D eigenvalue weighted by Gasteiger charge is -2.36. The van der Waals surface area contributed by atoms with Crippen LogP contribution in [-0.2, 0) is 27.2 Å². The van der Waals surface area contributed by atoms with Gasteiger partial charge in [-0.1, -0.05) is 27.7 Å². The van der Waals surface area contributed by atoms with Gasteiger partial charge in [-0.3, -0.25) is 28.7 Å². The lowest BCUT2D eigenvalue weighted by Crippen LogP contribution is -2.40. The Hall–Kier alpha value is -4.10. The van der Waals surface area contributed by atoms with E-state index in [1.807, 2.05) is 9.13 Å². The van der Waals surface area contributed by atoms with Crippen LogP contribution in [-0.4, -0.2) is 64.4 Å². The Morgan fingerprint density at radius 2 is 0.977 bits per heavy atom. The monoisotopic (exact) mass is 594 g/mol. The van der Waals surface area contributed by atoms with Gasteiger partial charge < -0.3 is 18.9 Å². The van der Waals surface area contributed by atoms with E-state index >= 15 is 0 Å². The predicted molar refractivity (Wildman–Crippen MR) is 166 cm³/mol. The third-order valence-electron chi connectivity index (χ3n) is 9.04. The van der Waals surface area contributed by atoms with Crippen LogP contribution < -0.4 is 32.3 Å². The van der Waals surface area contributed by atoms with Crippen molar-refractivity contribution in [3.63, 3.8) is 0 Å². The molecule has 0 unspecified atom stereocenters. The van der Waals surface area contributed by atoms with Gasteiger partial charge in [0, 0.05) is 53.4 Å². The van der Waals surface area contributed by atoms with Gasteiger partial charge in [0.05, 0.1) is 0 Å². The van der Waals surface area contributed by atoms with Crippen molar-refractivity contribution < 1.29 is 0 Å². The average Bonchev–Trinajstić information content (AvgIpc) is 3.50. The van der Waals surface area contributed by atoms with E-state index < -0.39 is 22.5 Å². The summed E-state index contributed by atoms with van der Waals surface area (Å²) in [4.78, 5) is 70.2. The van der Waals surface area contributed by atoms with Crippen LogP contribution >= 0.6 is 0 Å². The van der Waals surface area contributed by atoms with Crippen LogP contribution in [0.25, 0.3) is 22.3 Å². The molecule has 0 aliphatic carbocycles. The van der Waals surface area contributed by atoms with E-state index in [2.05, 4.69) is 47.5 Å². The molecule has 2 aliphatic heterocycles. The minimum Gasteiger partial charge on any atom is -0.342 e. The molecule has 4 aromatic rings. The summed E-state index contributed by atoms with van der Waals surface area (Å²) in [6.45, 7) is 13.0. The van der Waals surface area contributed by atoms with Gasteiger partial charge in [0.1, 0.15) is 0 Å². The van der Waals surface area contributed by atoms with Crippen LogP contribution in [0.3, 0.4) is 0 Å². The molecule has 6 rings (SSSR count). The van der Waals surface area contributed by atoms with Crippen LogP contribution in [0.5, 0.6) is 0 Å². The fourth-order valence-corrected chi connectivity index (χ4v) is 7.39. The molecule has 0 bridgehead atoms. The first-order valence-electron chi connectivity index (χ1n) is 15.3. The van der Waals surface area contributed by atoms with Crippen molar-refractivity contribution in [1.82, 2.24) is 38.2 Å². The molecule has 4 aromatic heterocycles. The minimum atomic E-state index is -0.501. The summed E-state index contributed by atoms with van der Waals surface area (Å²) in [5.41, 5.74) is -0.512. The molecule has 2 fully saturated rings. The van der Waals surface area contributed by atoms with E-state index in [0.29, 0.717) is 77.4 Å². The second-order valence-corrected chi connectivity index (χ2v) is 13.2.